The van der Waals surface area contributed by atoms with Crippen LogP contribution in [0, 0.1) is 5.82 Å². The molecule has 7 nitrogen and oxygen atoms in total. The number of hydrogen-bond acceptors (Lipinski definition) is 6. The van der Waals surface area contributed by atoms with Crippen LogP contribution in [0.25, 0.3) is 0 Å². The quantitative estimate of drug-likeness (QED) is 0.686. The van der Waals surface area contributed by atoms with E-state index in [4.69, 9.17) is 4.74 Å². The van der Waals surface area contributed by atoms with E-state index in [1.807, 2.05) is 0 Å². The Morgan fingerprint density at radius 1 is 1.31 bits per heavy atom. The lowest BCUT2D eigenvalue weighted by molar-refractivity contribution is 0.142. The number of rotatable bonds is 5. The molecule has 2 heterocycles. The van der Waals surface area contributed by atoms with Crippen LogP contribution in [0.5, 0.6) is 0 Å². The largest absolute Gasteiger partial charge is 0.442 e. The molecular formula is C17H20F3N3O4S2. The van der Waals surface area contributed by atoms with Gasteiger partial charge in [-0.15, -0.1) is 0 Å². The van der Waals surface area contributed by atoms with Crippen molar-refractivity contribution in [2.45, 2.75) is 19.0 Å². The summed E-state index contributed by atoms with van der Waals surface area (Å²) in [6.45, 7) is 0.591. The molecule has 0 radical (unpaired) electrons. The average Bonchev–Trinajstić information content (AvgIpc) is 2.93. The molecule has 1 N–H and O–H groups in total. The first-order valence-corrected chi connectivity index (χ1v) is 11.2. The van der Waals surface area contributed by atoms with E-state index in [0.29, 0.717) is 13.0 Å². The Hall–Kier alpha value is -2.08. The minimum absolute atomic E-state index is 0.0399. The number of anilines is 2. The SMILES string of the molecule is O=C1O[C@@H](CNC(=S)C(F)F)CN1c1ccc(N2CCCS(=O)(=O)CC2)c(F)c1. The zero-order valence-corrected chi connectivity index (χ0v) is 16.9. The van der Waals surface area contributed by atoms with Gasteiger partial charge in [-0.2, -0.15) is 0 Å². The Balaban J connectivity index is 1.67. The van der Waals surface area contributed by atoms with E-state index in [1.54, 1.807) is 11.0 Å². The standard InChI is InChI=1S/C17H20F3N3O4S2/c18-13-8-11(2-3-14(13)22-4-1-6-29(25,26)7-5-22)23-10-12(27-17(23)24)9-21-16(28)15(19)20/h2-3,8,12,15H,1,4-7,9-10H2,(H,21,28)/t12-/m0/s1. The van der Waals surface area contributed by atoms with E-state index in [1.165, 1.54) is 17.0 Å². The molecule has 2 aliphatic rings. The first-order valence-electron chi connectivity index (χ1n) is 8.95. The fraction of sp³-hybridized carbons (Fsp3) is 0.529. The number of nitrogens with one attached hydrogen (secondary N) is 1. The molecule has 3 rings (SSSR count). The lowest BCUT2D eigenvalue weighted by atomic mass is 10.2. The van der Waals surface area contributed by atoms with Crippen molar-refractivity contribution < 1.29 is 31.1 Å². The molecule has 2 aliphatic heterocycles. The third kappa shape index (κ3) is 5.30. The van der Waals surface area contributed by atoms with Crippen molar-refractivity contribution in [3.8, 4) is 0 Å². The van der Waals surface area contributed by atoms with E-state index in [-0.39, 0.29) is 42.5 Å². The summed E-state index contributed by atoms with van der Waals surface area (Å²) >= 11 is 4.48. The van der Waals surface area contributed by atoms with Crippen molar-refractivity contribution in [1.29, 1.82) is 0 Å². The molecule has 1 aromatic carbocycles. The van der Waals surface area contributed by atoms with Crippen molar-refractivity contribution in [1.82, 2.24) is 5.32 Å². The number of carbonyl (C=O) groups excluding carboxylic acids is 1. The molecule has 2 saturated heterocycles. The summed E-state index contributed by atoms with van der Waals surface area (Å²) in [5, 5.41) is 2.34. The highest BCUT2D eigenvalue weighted by Gasteiger charge is 2.33. The van der Waals surface area contributed by atoms with Crippen LogP contribution in [-0.2, 0) is 14.6 Å². The summed E-state index contributed by atoms with van der Waals surface area (Å²) in [5.74, 6) is -0.551. The molecule has 0 bridgehead atoms. The lowest BCUT2D eigenvalue weighted by Crippen LogP contribution is -2.36. The van der Waals surface area contributed by atoms with Gasteiger partial charge in [0.2, 0.25) is 0 Å². The van der Waals surface area contributed by atoms with Crippen molar-refractivity contribution in [2.24, 2.45) is 0 Å². The Kier molecular flexibility index (Phi) is 6.52. The van der Waals surface area contributed by atoms with Gasteiger partial charge in [0.05, 0.1) is 36.0 Å². The molecule has 160 valence electrons. The highest BCUT2D eigenvalue weighted by molar-refractivity contribution is 7.91. The normalized spacial score (nSPS) is 21.8. The number of thiocarbonyl (C=S) groups is 1. The van der Waals surface area contributed by atoms with Crippen LogP contribution in [0.4, 0.5) is 29.3 Å². The summed E-state index contributed by atoms with van der Waals surface area (Å²) in [5.41, 5.74) is 0.525. The Labute approximate surface area is 171 Å². The minimum Gasteiger partial charge on any atom is -0.442 e. The maximum absolute atomic E-state index is 14.7. The molecule has 2 fully saturated rings. The molecule has 0 aromatic heterocycles. The van der Waals surface area contributed by atoms with Crippen LogP contribution in [0.3, 0.4) is 0 Å². The van der Waals surface area contributed by atoms with Crippen LogP contribution in [-0.4, -0.2) is 69.7 Å². The maximum Gasteiger partial charge on any atom is 0.414 e. The monoisotopic (exact) mass is 451 g/mol. The predicted octanol–water partition coefficient (Wildman–Crippen LogP) is 1.96. The first-order chi connectivity index (χ1) is 13.7. The fourth-order valence-corrected chi connectivity index (χ4v) is 4.58. The molecule has 0 aliphatic carbocycles. The zero-order valence-electron chi connectivity index (χ0n) is 15.3. The number of carbonyl (C=O) groups is 1. The van der Waals surface area contributed by atoms with Gasteiger partial charge >= 0.3 is 6.09 Å². The number of ether oxygens (including phenoxy) is 1. The van der Waals surface area contributed by atoms with Gasteiger partial charge in [0, 0.05) is 13.1 Å². The van der Waals surface area contributed by atoms with Gasteiger partial charge in [-0.25, -0.2) is 26.4 Å². The number of hydrogen-bond donors (Lipinski definition) is 1. The number of nitrogens with zero attached hydrogens (tertiary/aromatic N) is 2. The molecule has 1 atom stereocenters. The number of sulfone groups is 1. The van der Waals surface area contributed by atoms with Gasteiger partial charge in [-0.1, -0.05) is 12.2 Å². The maximum atomic E-state index is 14.7. The van der Waals surface area contributed by atoms with Crippen LogP contribution in [0.15, 0.2) is 18.2 Å². The average molecular weight is 451 g/mol. The summed E-state index contributed by atoms with van der Waals surface area (Å²) in [6.07, 6.45) is -3.81. The summed E-state index contributed by atoms with van der Waals surface area (Å²) < 4.78 is 68.1. The lowest BCUT2D eigenvalue weighted by Gasteiger charge is -2.23. The van der Waals surface area contributed by atoms with Gasteiger partial charge in [-0.3, -0.25) is 4.90 Å². The Morgan fingerprint density at radius 3 is 2.76 bits per heavy atom. The number of amides is 1. The fourth-order valence-electron chi connectivity index (χ4n) is 3.23. The number of cyclic esters (lactones) is 1. The van der Waals surface area contributed by atoms with Crippen LogP contribution in [0.1, 0.15) is 6.42 Å². The number of halogens is 3. The zero-order chi connectivity index (χ0) is 21.2. The number of benzene rings is 1. The van der Waals surface area contributed by atoms with Gasteiger partial charge in [-0.05, 0) is 24.6 Å². The second kappa shape index (κ2) is 8.74. The summed E-state index contributed by atoms with van der Waals surface area (Å²) in [4.78, 5) is 14.3. The second-order valence-electron chi connectivity index (χ2n) is 6.79. The third-order valence-electron chi connectivity index (χ3n) is 4.72. The van der Waals surface area contributed by atoms with Crippen molar-refractivity contribution in [3.63, 3.8) is 0 Å². The molecular weight excluding hydrogens is 431 g/mol. The van der Waals surface area contributed by atoms with Crippen LogP contribution >= 0.6 is 12.2 Å². The highest BCUT2D eigenvalue weighted by atomic mass is 32.2. The molecule has 0 saturated carbocycles. The number of alkyl halides is 2. The van der Waals surface area contributed by atoms with Gasteiger partial charge < -0.3 is 15.0 Å². The molecule has 1 aromatic rings. The van der Waals surface area contributed by atoms with Gasteiger partial charge in [0.25, 0.3) is 6.43 Å². The van der Waals surface area contributed by atoms with Crippen LogP contribution < -0.4 is 15.1 Å². The minimum atomic E-state index is -3.12. The summed E-state index contributed by atoms with van der Waals surface area (Å²) in [6, 6.07) is 4.21. The molecule has 0 spiro atoms. The predicted molar refractivity (Wildman–Crippen MR) is 106 cm³/mol. The molecule has 12 heteroatoms. The van der Waals surface area contributed by atoms with Gasteiger partial charge in [0.1, 0.15) is 16.9 Å². The Morgan fingerprint density at radius 2 is 2.07 bits per heavy atom. The molecule has 1 amide bonds. The van der Waals surface area contributed by atoms with Crippen molar-refractivity contribution in [2.75, 3.05) is 47.5 Å². The smallest absolute Gasteiger partial charge is 0.414 e. The van der Waals surface area contributed by atoms with E-state index >= 15 is 0 Å². The van der Waals surface area contributed by atoms with Crippen molar-refractivity contribution >= 4 is 44.5 Å². The van der Waals surface area contributed by atoms with Crippen molar-refractivity contribution in [3.05, 3.63) is 24.0 Å². The first kappa shape index (κ1) is 21.6. The Bertz CT molecular complexity index is 898. The topological polar surface area (TPSA) is 79.0 Å². The van der Waals surface area contributed by atoms with E-state index in [2.05, 4.69) is 17.5 Å². The van der Waals surface area contributed by atoms with E-state index < -0.39 is 39.3 Å². The van der Waals surface area contributed by atoms with E-state index in [0.717, 1.165) is 0 Å². The second-order valence-corrected chi connectivity index (χ2v) is 9.53. The third-order valence-corrected chi connectivity index (χ3v) is 6.75. The van der Waals surface area contributed by atoms with Gasteiger partial charge in [0.15, 0.2) is 9.84 Å². The molecule has 0 unspecified atom stereocenters. The molecule has 29 heavy (non-hydrogen) atoms. The summed E-state index contributed by atoms with van der Waals surface area (Å²) in [7, 11) is -3.12. The van der Waals surface area contributed by atoms with Crippen LogP contribution in [0.2, 0.25) is 0 Å². The highest BCUT2D eigenvalue weighted by Crippen LogP contribution is 2.28. The van der Waals surface area contributed by atoms with E-state index in [9.17, 15) is 26.4 Å².